The Morgan fingerprint density at radius 2 is 2.04 bits per heavy atom. The third-order valence-electron chi connectivity index (χ3n) is 4.14. The SMILES string of the molecule is [2H]C1Cc2cc(OC)c(OC)cc2[C@H]2N1C([2H])([2H])[C@]([2H])(CC(C)(C)O)C(=O)C2([2H])[2H]. The third-order valence-corrected chi connectivity index (χ3v) is 4.14. The minimum atomic E-state index is -2.70. The van der Waals surface area contributed by atoms with Crippen molar-refractivity contribution in [3.63, 3.8) is 0 Å². The first-order valence-corrected chi connectivity index (χ1v) is 7.84. The average molecular weight is 339 g/mol. The number of fused-ring (bicyclic) bond motifs is 3. The van der Waals surface area contributed by atoms with Crippen molar-refractivity contribution in [2.24, 2.45) is 5.89 Å². The normalized spacial score (nSPS) is 38.3. The maximum atomic E-state index is 13.3. The molecule has 1 fully saturated rings. The van der Waals surface area contributed by atoms with Gasteiger partial charge in [-0.05, 0) is 49.9 Å². The lowest BCUT2D eigenvalue weighted by Crippen LogP contribution is -2.47. The molecule has 1 N–H and O–H groups in total. The second-order valence-electron chi connectivity index (χ2n) is 6.66. The standard InChI is InChI=1S/C19H27NO4/c1-19(2,22)10-13-11-20-6-5-12-7-17(23-3)18(24-4)8-14(12)15(20)9-16(13)21/h7-8,13,15,22H,5-6,9-11H2,1-4H3/t13-,15-/m0/s1/i6D,9D2,11D2,13D/t6?,13-,15-. The van der Waals surface area contributed by atoms with Gasteiger partial charge < -0.3 is 14.6 Å². The number of rotatable bonds is 4. The molecule has 1 aromatic rings. The summed E-state index contributed by atoms with van der Waals surface area (Å²) in [6, 6.07) is 1.69. The number of nitrogens with zero attached hydrogens (tertiary/aromatic N) is 1. The van der Waals surface area contributed by atoms with Gasteiger partial charge in [0.25, 0.3) is 0 Å². The summed E-state index contributed by atoms with van der Waals surface area (Å²) < 4.78 is 62.4. The van der Waals surface area contributed by atoms with Crippen LogP contribution in [0.1, 0.15) is 52.0 Å². The van der Waals surface area contributed by atoms with E-state index in [0.29, 0.717) is 22.6 Å². The van der Waals surface area contributed by atoms with E-state index in [1.54, 1.807) is 6.07 Å². The molecule has 2 aliphatic rings. The van der Waals surface area contributed by atoms with Crippen LogP contribution >= 0.6 is 0 Å². The van der Waals surface area contributed by atoms with Crippen molar-refractivity contribution in [3.05, 3.63) is 23.3 Å². The van der Waals surface area contributed by atoms with Crippen LogP contribution in [0.15, 0.2) is 12.1 Å². The van der Waals surface area contributed by atoms with Gasteiger partial charge in [0.2, 0.25) is 0 Å². The van der Waals surface area contributed by atoms with Crippen LogP contribution in [-0.4, -0.2) is 48.6 Å². The fourth-order valence-corrected chi connectivity index (χ4v) is 3.05. The molecule has 0 spiro atoms. The zero-order valence-electron chi connectivity index (χ0n) is 20.3. The number of hydrogen-bond donors (Lipinski definition) is 1. The molecular weight excluding hydrogens is 306 g/mol. The molecule has 5 heteroatoms. The molecule has 2 aliphatic heterocycles. The maximum absolute atomic E-state index is 13.3. The van der Waals surface area contributed by atoms with Gasteiger partial charge in [-0.3, -0.25) is 9.69 Å². The lowest BCUT2D eigenvalue weighted by Gasteiger charge is -2.44. The van der Waals surface area contributed by atoms with Crippen LogP contribution in [-0.2, 0) is 11.2 Å². The van der Waals surface area contributed by atoms with Crippen LogP contribution in [0, 0.1) is 5.89 Å². The van der Waals surface area contributed by atoms with E-state index in [0.717, 1.165) is 4.90 Å². The molecule has 1 unspecified atom stereocenters. The van der Waals surface area contributed by atoms with Crippen LogP contribution in [0.3, 0.4) is 0 Å². The maximum Gasteiger partial charge on any atom is 0.161 e. The number of hydrogen-bond acceptors (Lipinski definition) is 5. The summed E-state index contributed by atoms with van der Waals surface area (Å²) >= 11 is 0. The summed E-state index contributed by atoms with van der Waals surface area (Å²) in [5.74, 6) is -3.17. The number of aryl methyl sites for hydroxylation is 1. The predicted molar refractivity (Wildman–Crippen MR) is 91.6 cm³/mol. The van der Waals surface area contributed by atoms with Crippen molar-refractivity contribution in [1.29, 1.82) is 0 Å². The minimum absolute atomic E-state index is 0.0502. The molecule has 2 heterocycles. The Kier molecular flexibility index (Phi) is 2.95. The van der Waals surface area contributed by atoms with Crippen molar-refractivity contribution in [3.8, 4) is 11.5 Å². The van der Waals surface area contributed by atoms with Crippen molar-refractivity contribution in [2.45, 2.75) is 44.7 Å². The highest BCUT2D eigenvalue weighted by atomic mass is 16.5. The molecule has 0 aliphatic carbocycles. The number of methoxy groups -OCH3 is 2. The van der Waals surface area contributed by atoms with E-state index >= 15 is 0 Å². The Morgan fingerprint density at radius 1 is 1.38 bits per heavy atom. The van der Waals surface area contributed by atoms with E-state index < -0.39 is 49.1 Å². The lowest BCUT2D eigenvalue weighted by atomic mass is 9.79. The van der Waals surface area contributed by atoms with Crippen molar-refractivity contribution < 1.29 is 27.6 Å². The summed E-state index contributed by atoms with van der Waals surface area (Å²) in [6.45, 7) is -1.26. The van der Waals surface area contributed by atoms with Gasteiger partial charge in [-0.2, -0.15) is 0 Å². The fraction of sp³-hybridized carbons (Fsp3) is 0.632. The van der Waals surface area contributed by atoms with Crippen molar-refractivity contribution >= 4 is 5.78 Å². The molecule has 0 bridgehead atoms. The first kappa shape index (κ1) is 11.1. The minimum Gasteiger partial charge on any atom is -0.493 e. The zero-order chi connectivity index (χ0) is 22.9. The topological polar surface area (TPSA) is 59.0 Å². The number of ketones is 1. The first-order chi connectivity index (χ1) is 13.6. The van der Waals surface area contributed by atoms with E-state index in [2.05, 4.69) is 0 Å². The predicted octanol–water partition coefficient (Wildman–Crippen LogP) is 2.35. The van der Waals surface area contributed by atoms with E-state index in [4.69, 9.17) is 17.7 Å². The summed E-state index contributed by atoms with van der Waals surface area (Å²) in [6.07, 6.45) is -3.23. The summed E-state index contributed by atoms with van der Waals surface area (Å²) in [7, 11) is 2.86. The highest BCUT2D eigenvalue weighted by Crippen LogP contribution is 2.42. The van der Waals surface area contributed by atoms with Gasteiger partial charge >= 0.3 is 0 Å². The highest BCUT2D eigenvalue weighted by molar-refractivity contribution is 5.83. The van der Waals surface area contributed by atoms with E-state index in [1.165, 1.54) is 34.1 Å². The quantitative estimate of drug-likeness (QED) is 0.912. The number of ether oxygens (including phenoxy) is 2. The number of carbonyl (C=O) groups excluding carboxylic acids is 1. The molecule has 3 rings (SSSR count). The molecule has 0 aromatic heterocycles. The lowest BCUT2D eigenvalue weighted by molar-refractivity contribution is -0.131. The van der Waals surface area contributed by atoms with Crippen LogP contribution in [0.4, 0.5) is 0 Å². The number of Topliss-reactive ketones (excluding diaryl/α,β-unsaturated/α-hetero) is 1. The Balaban J connectivity index is 2.26. The second kappa shape index (κ2) is 6.37. The number of benzene rings is 1. The van der Waals surface area contributed by atoms with Gasteiger partial charge in [-0.25, -0.2) is 0 Å². The summed E-state index contributed by atoms with van der Waals surface area (Å²) in [4.78, 5) is 14.2. The molecule has 1 aromatic carbocycles. The summed E-state index contributed by atoms with van der Waals surface area (Å²) in [5.41, 5.74) is -0.708. The average Bonchev–Trinajstić information content (AvgIpc) is 2.62. The molecule has 24 heavy (non-hydrogen) atoms. The van der Waals surface area contributed by atoms with Gasteiger partial charge in [0.05, 0.1) is 19.8 Å². The van der Waals surface area contributed by atoms with Crippen LogP contribution in [0.5, 0.6) is 11.5 Å². The van der Waals surface area contributed by atoms with E-state index in [1.807, 2.05) is 0 Å². The molecule has 1 saturated heterocycles. The number of carbonyl (C=O) groups is 1. The third kappa shape index (κ3) is 3.28. The van der Waals surface area contributed by atoms with Crippen LogP contribution in [0.2, 0.25) is 0 Å². The Bertz CT molecular complexity index is 871. The van der Waals surface area contributed by atoms with Gasteiger partial charge in [-0.15, -0.1) is 0 Å². The monoisotopic (exact) mass is 339 g/mol. The van der Waals surface area contributed by atoms with Gasteiger partial charge in [0.15, 0.2) is 11.5 Å². The Hall–Kier alpha value is -1.59. The zero-order valence-corrected chi connectivity index (χ0v) is 14.3. The van der Waals surface area contributed by atoms with Crippen LogP contribution < -0.4 is 9.47 Å². The van der Waals surface area contributed by atoms with E-state index in [-0.39, 0.29) is 6.42 Å². The summed E-state index contributed by atoms with van der Waals surface area (Å²) in [5, 5.41) is 10.2. The highest BCUT2D eigenvalue weighted by Gasteiger charge is 2.40. The molecule has 132 valence electrons. The molecule has 0 saturated carbocycles. The van der Waals surface area contributed by atoms with E-state index in [9.17, 15) is 9.90 Å². The smallest absolute Gasteiger partial charge is 0.161 e. The molecule has 0 radical (unpaired) electrons. The number of piperidine rings is 1. The fourth-order valence-electron chi connectivity index (χ4n) is 3.05. The largest absolute Gasteiger partial charge is 0.493 e. The Morgan fingerprint density at radius 3 is 2.67 bits per heavy atom. The first-order valence-electron chi connectivity index (χ1n) is 10.9. The Labute approximate surface area is 152 Å². The molecule has 0 amide bonds. The van der Waals surface area contributed by atoms with Gasteiger partial charge in [0.1, 0.15) is 5.78 Å². The number of aliphatic hydroxyl groups is 1. The van der Waals surface area contributed by atoms with Crippen molar-refractivity contribution in [1.82, 2.24) is 4.90 Å². The van der Waals surface area contributed by atoms with Gasteiger partial charge in [-0.1, -0.05) is 0 Å². The molecular formula is C19H27NO4. The second-order valence-corrected chi connectivity index (χ2v) is 6.66. The molecule has 5 nitrogen and oxygen atoms in total. The van der Waals surface area contributed by atoms with Crippen LogP contribution in [0.25, 0.3) is 0 Å². The molecule has 3 atom stereocenters. The van der Waals surface area contributed by atoms with Gasteiger partial charge in [0, 0.05) is 39.6 Å². The van der Waals surface area contributed by atoms with Crippen molar-refractivity contribution in [2.75, 3.05) is 27.2 Å².